The second kappa shape index (κ2) is 6.66. The number of halogens is 1. The Bertz CT molecular complexity index is 831. The fourth-order valence-corrected chi connectivity index (χ4v) is 3.60. The number of methoxy groups -OCH3 is 1. The normalized spacial score (nSPS) is 20.7. The van der Waals surface area contributed by atoms with Gasteiger partial charge in [-0.05, 0) is 38.0 Å². The van der Waals surface area contributed by atoms with Crippen molar-refractivity contribution in [2.75, 3.05) is 18.6 Å². The van der Waals surface area contributed by atoms with E-state index < -0.39 is 0 Å². The summed E-state index contributed by atoms with van der Waals surface area (Å²) in [6, 6.07) is 7.84. The zero-order valence-electron chi connectivity index (χ0n) is 13.6. The van der Waals surface area contributed by atoms with Gasteiger partial charge in [0.05, 0.1) is 29.8 Å². The number of anilines is 1. The van der Waals surface area contributed by atoms with Crippen LogP contribution in [0.15, 0.2) is 24.4 Å². The predicted molar refractivity (Wildman–Crippen MR) is 93.0 cm³/mol. The number of carbonyl (C=O) groups excluding carboxylic acids is 1. The van der Waals surface area contributed by atoms with Gasteiger partial charge in [0.25, 0.3) is 0 Å². The molecule has 0 aliphatic carbocycles. The summed E-state index contributed by atoms with van der Waals surface area (Å²) in [6.07, 6.45) is 3.00. The molecule has 24 heavy (non-hydrogen) atoms. The van der Waals surface area contributed by atoms with E-state index in [-0.39, 0.29) is 17.9 Å². The summed E-state index contributed by atoms with van der Waals surface area (Å²) in [4.78, 5) is 18.3. The topological polar surface area (TPSA) is 66.2 Å². The standard InChI is InChI=1S/C18H18ClN3O2/c1-11-7-12(18(23)24-2)5-6-22(11)17-13(9-20)10-21-16-4-3-14(19)8-15(16)17/h3-4,8,10-12H,5-7H2,1-2H3/t11-,12+/m0/s1. The summed E-state index contributed by atoms with van der Waals surface area (Å²) >= 11 is 6.15. The van der Waals surface area contributed by atoms with Crippen LogP contribution in [0.2, 0.25) is 5.02 Å². The number of piperidine rings is 1. The molecule has 0 spiro atoms. The van der Waals surface area contributed by atoms with Crippen LogP contribution in [0.5, 0.6) is 0 Å². The van der Waals surface area contributed by atoms with Gasteiger partial charge in [0.2, 0.25) is 0 Å². The minimum atomic E-state index is -0.162. The SMILES string of the molecule is COC(=O)[C@@H]1CCN(c2c(C#N)cnc3ccc(Cl)cc23)[C@@H](C)C1. The van der Waals surface area contributed by atoms with E-state index in [2.05, 4.69) is 22.9 Å². The first-order valence-electron chi connectivity index (χ1n) is 7.88. The fourth-order valence-electron chi connectivity index (χ4n) is 3.43. The molecular formula is C18H18ClN3O2. The van der Waals surface area contributed by atoms with Crippen molar-refractivity contribution in [1.82, 2.24) is 4.98 Å². The molecule has 0 radical (unpaired) electrons. The zero-order valence-corrected chi connectivity index (χ0v) is 14.4. The molecule has 5 nitrogen and oxygen atoms in total. The Balaban J connectivity index is 2.04. The molecule has 0 amide bonds. The van der Waals surface area contributed by atoms with Gasteiger partial charge in [-0.3, -0.25) is 9.78 Å². The third-order valence-corrected chi connectivity index (χ3v) is 4.86. The molecule has 1 fully saturated rings. The molecule has 1 saturated heterocycles. The molecular weight excluding hydrogens is 326 g/mol. The van der Waals surface area contributed by atoms with Gasteiger partial charge in [-0.1, -0.05) is 11.6 Å². The molecule has 0 saturated carbocycles. The van der Waals surface area contributed by atoms with Gasteiger partial charge >= 0.3 is 5.97 Å². The summed E-state index contributed by atoms with van der Waals surface area (Å²) in [5.74, 6) is -0.256. The Labute approximate surface area is 145 Å². The smallest absolute Gasteiger partial charge is 0.308 e. The number of rotatable bonds is 2. The Morgan fingerprint density at radius 3 is 2.96 bits per heavy atom. The number of hydrogen-bond acceptors (Lipinski definition) is 5. The molecule has 2 heterocycles. The van der Waals surface area contributed by atoms with Crippen molar-refractivity contribution in [1.29, 1.82) is 5.26 Å². The summed E-state index contributed by atoms with van der Waals surface area (Å²) in [7, 11) is 1.42. The first-order chi connectivity index (χ1) is 11.5. The average Bonchev–Trinajstić information content (AvgIpc) is 2.60. The van der Waals surface area contributed by atoms with Crippen LogP contribution >= 0.6 is 11.6 Å². The van der Waals surface area contributed by atoms with Crippen molar-refractivity contribution in [3.63, 3.8) is 0 Å². The lowest BCUT2D eigenvalue weighted by Gasteiger charge is -2.39. The molecule has 2 atom stereocenters. The molecule has 3 rings (SSSR count). The lowest BCUT2D eigenvalue weighted by atomic mass is 9.90. The molecule has 1 aliphatic rings. The van der Waals surface area contributed by atoms with Gasteiger partial charge in [0.1, 0.15) is 6.07 Å². The van der Waals surface area contributed by atoms with Crippen LogP contribution in [-0.2, 0) is 9.53 Å². The Kier molecular flexibility index (Phi) is 4.59. The summed E-state index contributed by atoms with van der Waals surface area (Å²) in [6.45, 7) is 2.74. The number of benzene rings is 1. The molecule has 0 bridgehead atoms. The van der Waals surface area contributed by atoms with Crippen molar-refractivity contribution in [3.05, 3.63) is 35.0 Å². The number of nitriles is 1. The lowest BCUT2D eigenvalue weighted by molar-refractivity contribution is -0.146. The minimum absolute atomic E-state index is 0.0940. The van der Waals surface area contributed by atoms with Gasteiger partial charge in [-0.15, -0.1) is 0 Å². The molecule has 124 valence electrons. The maximum Gasteiger partial charge on any atom is 0.308 e. The van der Waals surface area contributed by atoms with E-state index >= 15 is 0 Å². The highest BCUT2D eigenvalue weighted by molar-refractivity contribution is 6.31. The van der Waals surface area contributed by atoms with Crippen LogP contribution in [0.1, 0.15) is 25.3 Å². The minimum Gasteiger partial charge on any atom is -0.469 e. The number of hydrogen-bond donors (Lipinski definition) is 0. The molecule has 0 N–H and O–H groups in total. The third kappa shape index (κ3) is 2.90. The zero-order chi connectivity index (χ0) is 17.3. The molecule has 0 unspecified atom stereocenters. The van der Waals surface area contributed by atoms with Crippen molar-refractivity contribution < 1.29 is 9.53 Å². The second-order valence-corrected chi connectivity index (χ2v) is 6.52. The monoisotopic (exact) mass is 343 g/mol. The molecule has 6 heteroatoms. The van der Waals surface area contributed by atoms with Gasteiger partial charge in [0, 0.05) is 29.2 Å². The van der Waals surface area contributed by atoms with E-state index in [1.54, 1.807) is 12.3 Å². The summed E-state index contributed by atoms with van der Waals surface area (Å²) < 4.78 is 4.87. The average molecular weight is 344 g/mol. The van der Waals surface area contributed by atoms with E-state index in [1.807, 2.05) is 12.1 Å². The number of esters is 1. The van der Waals surface area contributed by atoms with Crippen LogP contribution in [0.25, 0.3) is 10.9 Å². The molecule has 1 aliphatic heterocycles. The highest BCUT2D eigenvalue weighted by Crippen LogP contribution is 2.36. The highest BCUT2D eigenvalue weighted by Gasteiger charge is 2.32. The largest absolute Gasteiger partial charge is 0.469 e. The number of aromatic nitrogens is 1. The Morgan fingerprint density at radius 2 is 2.29 bits per heavy atom. The van der Waals surface area contributed by atoms with E-state index in [0.29, 0.717) is 30.0 Å². The van der Waals surface area contributed by atoms with E-state index in [0.717, 1.165) is 16.6 Å². The Hall–Kier alpha value is -2.32. The Morgan fingerprint density at radius 1 is 1.50 bits per heavy atom. The maximum absolute atomic E-state index is 11.8. The fraction of sp³-hybridized carbons (Fsp3) is 0.389. The maximum atomic E-state index is 11.8. The van der Waals surface area contributed by atoms with Crippen molar-refractivity contribution >= 4 is 34.2 Å². The highest BCUT2D eigenvalue weighted by atomic mass is 35.5. The van der Waals surface area contributed by atoms with Crippen molar-refractivity contribution in [2.24, 2.45) is 5.92 Å². The van der Waals surface area contributed by atoms with Crippen LogP contribution in [0.3, 0.4) is 0 Å². The van der Waals surface area contributed by atoms with Crippen LogP contribution in [0, 0.1) is 17.2 Å². The van der Waals surface area contributed by atoms with Crippen LogP contribution in [-0.4, -0.2) is 30.6 Å². The predicted octanol–water partition coefficient (Wildman–Crippen LogP) is 3.54. The first-order valence-corrected chi connectivity index (χ1v) is 8.25. The van der Waals surface area contributed by atoms with Gasteiger partial charge in [-0.2, -0.15) is 5.26 Å². The van der Waals surface area contributed by atoms with E-state index in [4.69, 9.17) is 16.3 Å². The number of ether oxygens (including phenoxy) is 1. The van der Waals surface area contributed by atoms with Gasteiger partial charge < -0.3 is 9.64 Å². The number of carbonyl (C=O) groups is 1. The molecule has 1 aromatic carbocycles. The molecule has 2 aromatic rings. The number of fused-ring (bicyclic) bond motifs is 1. The summed E-state index contributed by atoms with van der Waals surface area (Å²) in [5.41, 5.74) is 2.17. The van der Waals surface area contributed by atoms with Crippen molar-refractivity contribution in [3.8, 4) is 6.07 Å². The van der Waals surface area contributed by atoms with E-state index in [1.165, 1.54) is 7.11 Å². The van der Waals surface area contributed by atoms with Crippen LogP contribution < -0.4 is 4.90 Å². The third-order valence-electron chi connectivity index (χ3n) is 4.62. The first kappa shape index (κ1) is 16.5. The lowest BCUT2D eigenvalue weighted by Crippen LogP contribution is -2.43. The second-order valence-electron chi connectivity index (χ2n) is 6.08. The van der Waals surface area contributed by atoms with Crippen LogP contribution in [0.4, 0.5) is 5.69 Å². The van der Waals surface area contributed by atoms with Gasteiger partial charge in [0.15, 0.2) is 0 Å². The van der Waals surface area contributed by atoms with E-state index in [9.17, 15) is 10.1 Å². The quantitative estimate of drug-likeness (QED) is 0.780. The number of pyridine rings is 1. The molecule has 1 aromatic heterocycles. The van der Waals surface area contributed by atoms with Crippen molar-refractivity contribution in [2.45, 2.75) is 25.8 Å². The number of nitrogens with zero attached hydrogens (tertiary/aromatic N) is 3. The van der Waals surface area contributed by atoms with Gasteiger partial charge in [-0.25, -0.2) is 0 Å². The summed E-state index contributed by atoms with van der Waals surface area (Å²) in [5, 5.41) is 11.0.